The molecule has 8 nitrogen and oxygen atoms in total. The molecule has 1 fully saturated rings. The van der Waals surface area contributed by atoms with Gasteiger partial charge in [-0.05, 0) is 18.6 Å². The van der Waals surface area contributed by atoms with E-state index in [2.05, 4.69) is 5.32 Å². The summed E-state index contributed by atoms with van der Waals surface area (Å²) in [4.78, 5) is 37.2. The quantitative estimate of drug-likeness (QED) is 0.597. The molecule has 1 aliphatic rings. The summed E-state index contributed by atoms with van der Waals surface area (Å²) in [5, 5.41) is 21.4. The molecule has 1 aliphatic heterocycles. The van der Waals surface area contributed by atoms with Crippen LogP contribution in [0.25, 0.3) is 0 Å². The van der Waals surface area contributed by atoms with Crippen molar-refractivity contribution >= 4 is 28.6 Å². The molecule has 0 aliphatic carbocycles. The van der Waals surface area contributed by atoms with Crippen LogP contribution in [-0.4, -0.2) is 67.6 Å². The number of carbonyl (C=O) groups excluding carboxylic acids is 2. The van der Waals surface area contributed by atoms with Crippen LogP contribution in [0.15, 0.2) is 35.2 Å². The Labute approximate surface area is 153 Å². The van der Waals surface area contributed by atoms with Gasteiger partial charge >= 0.3 is 5.97 Å². The van der Waals surface area contributed by atoms with Crippen molar-refractivity contribution in [2.75, 3.05) is 12.3 Å². The van der Waals surface area contributed by atoms with Crippen LogP contribution in [0.4, 0.5) is 0 Å². The minimum absolute atomic E-state index is 0.0159. The summed E-state index contributed by atoms with van der Waals surface area (Å²) in [7, 11) is -1.38. The zero-order valence-corrected chi connectivity index (χ0v) is 15.1. The summed E-state index contributed by atoms with van der Waals surface area (Å²) in [6.07, 6.45) is -0.769. The van der Waals surface area contributed by atoms with E-state index >= 15 is 0 Å². The Morgan fingerprint density at radius 1 is 1.31 bits per heavy atom. The molecular formula is C17H22N2O6S. The zero-order valence-electron chi connectivity index (χ0n) is 14.3. The van der Waals surface area contributed by atoms with Gasteiger partial charge in [0.2, 0.25) is 11.8 Å². The van der Waals surface area contributed by atoms with Gasteiger partial charge in [0.25, 0.3) is 0 Å². The molecule has 1 heterocycles. The highest BCUT2D eigenvalue weighted by Gasteiger charge is 2.38. The maximum atomic E-state index is 12.4. The normalized spacial score (nSPS) is 21.8. The van der Waals surface area contributed by atoms with Crippen LogP contribution in [0.5, 0.6) is 0 Å². The molecule has 1 saturated heterocycles. The zero-order chi connectivity index (χ0) is 19.3. The lowest BCUT2D eigenvalue weighted by atomic mass is 10.1. The van der Waals surface area contributed by atoms with Crippen molar-refractivity contribution in [1.29, 1.82) is 0 Å². The van der Waals surface area contributed by atoms with Crippen LogP contribution in [0.3, 0.4) is 0 Å². The van der Waals surface area contributed by atoms with Gasteiger partial charge in [-0.3, -0.25) is 13.8 Å². The molecule has 2 amide bonds. The highest BCUT2D eigenvalue weighted by molar-refractivity contribution is 7.85. The van der Waals surface area contributed by atoms with E-state index in [4.69, 9.17) is 0 Å². The van der Waals surface area contributed by atoms with Gasteiger partial charge in [-0.2, -0.15) is 0 Å². The van der Waals surface area contributed by atoms with E-state index in [0.717, 1.165) is 0 Å². The number of nitrogens with zero attached hydrogens (tertiary/aromatic N) is 1. The number of amides is 2. The summed E-state index contributed by atoms with van der Waals surface area (Å²) in [6.45, 7) is 1.33. The molecule has 0 saturated carbocycles. The van der Waals surface area contributed by atoms with Crippen molar-refractivity contribution in [3.8, 4) is 0 Å². The number of rotatable bonds is 7. The van der Waals surface area contributed by atoms with Crippen molar-refractivity contribution in [2.24, 2.45) is 0 Å². The summed E-state index contributed by atoms with van der Waals surface area (Å²) in [5.74, 6) is -2.16. The van der Waals surface area contributed by atoms with Crippen LogP contribution in [0.1, 0.15) is 19.8 Å². The predicted molar refractivity (Wildman–Crippen MR) is 93.7 cm³/mol. The third-order valence-corrected chi connectivity index (χ3v) is 5.60. The third-order valence-electron chi connectivity index (χ3n) is 4.20. The molecule has 0 radical (unpaired) electrons. The van der Waals surface area contributed by atoms with Gasteiger partial charge in [-0.15, -0.1) is 0 Å². The number of aliphatic carboxylic acids is 1. The van der Waals surface area contributed by atoms with Crippen molar-refractivity contribution < 1.29 is 28.8 Å². The molecule has 0 aromatic heterocycles. The van der Waals surface area contributed by atoms with E-state index in [1.807, 2.05) is 0 Å². The van der Waals surface area contributed by atoms with Crippen molar-refractivity contribution in [2.45, 2.75) is 42.8 Å². The first-order chi connectivity index (χ1) is 12.3. The Morgan fingerprint density at radius 3 is 2.54 bits per heavy atom. The number of hydrogen-bond donors (Lipinski definition) is 3. The molecule has 2 rings (SSSR count). The molecule has 0 spiro atoms. The van der Waals surface area contributed by atoms with E-state index in [1.54, 1.807) is 30.3 Å². The largest absolute Gasteiger partial charge is 0.480 e. The number of β-amino-alcohol motifs (C(OH)–C–C–N with tert-alkyl or cyclic N) is 1. The predicted octanol–water partition coefficient (Wildman–Crippen LogP) is -0.265. The average Bonchev–Trinajstić information content (AvgIpc) is 3.01. The summed E-state index contributed by atoms with van der Waals surface area (Å²) >= 11 is 0. The van der Waals surface area contributed by atoms with Crippen molar-refractivity contribution in [3.05, 3.63) is 30.3 Å². The average molecular weight is 382 g/mol. The number of benzene rings is 1. The Kier molecular flexibility index (Phi) is 6.87. The van der Waals surface area contributed by atoms with Crippen LogP contribution in [0, 0.1) is 0 Å². The van der Waals surface area contributed by atoms with Crippen molar-refractivity contribution in [3.63, 3.8) is 0 Å². The van der Waals surface area contributed by atoms with Crippen LogP contribution >= 0.6 is 0 Å². The molecule has 0 unspecified atom stereocenters. The van der Waals surface area contributed by atoms with Crippen LogP contribution in [0.2, 0.25) is 0 Å². The Bertz CT molecular complexity index is 696. The van der Waals surface area contributed by atoms with Gasteiger partial charge in [0.05, 0.1) is 16.9 Å². The molecule has 1 aromatic rings. The first-order valence-electron chi connectivity index (χ1n) is 8.21. The second-order valence-electron chi connectivity index (χ2n) is 6.13. The Balaban J connectivity index is 1.97. The number of nitrogens with one attached hydrogen (secondary N) is 1. The molecule has 4 atom stereocenters. The molecule has 142 valence electrons. The van der Waals surface area contributed by atoms with E-state index < -0.39 is 40.9 Å². The number of carboxylic acids is 1. The number of likely N-dealkylation sites (tertiary alicyclic amines) is 1. The molecule has 26 heavy (non-hydrogen) atoms. The lowest BCUT2D eigenvalue weighted by Gasteiger charge is -2.24. The summed E-state index contributed by atoms with van der Waals surface area (Å²) in [6, 6.07) is 6.53. The number of carboxylic acid groups (broad SMARTS) is 1. The Hall–Kier alpha value is -2.26. The fourth-order valence-electron chi connectivity index (χ4n) is 2.85. The van der Waals surface area contributed by atoms with Crippen LogP contribution in [-0.2, 0) is 25.2 Å². The lowest BCUT2D eigenvalue weighted by Crippen LogP contribution is -2.50. The van der Waals surface area contributed by atoms with E-state index in [0.29, 0.717) is 4.90 Å². The molecule has 9 heteroatoms. The van der Waals surface area contributed by atoms with Gasteiger partial charge in [-0.25, -0.2) is 4.79 Å². The number of carbonyl (C=O) groups is 3. The van der Waals surface area contributed by atoms with Gasteiger partial charge < -0.3 is 20.4 Å². The van der Waals surface area contributed by atoms with Crippen molar-refractivity contribution in [1.82, 2.24) is 10.2 Å². The van der Waals surface area contributed by atoms with E-state index in [1.165, 1.54) is 11.8 Å². The first kappa shape index (κ1) is 20.1. The maximum Gasteiger partial charge on any atom is 0.326 e. The number of aliphatic hydroxyl groups is 1. The second-order valence-corrected chi connectivity index (χ2v) is 7.70. The fraction of sp³-hybridized carbons (Fsp3) is 0.471. The summed E-state index contributed by atoms with van der Waals surface area (Å²) < 4.78 is 12.2. The van der Waals surface area contributed by atoms with E-state index in [-0.39, 0.29) is 31.0 Å². The monoisotopic (exact) mass is 382 g/mol. The second kappa shape index (κ2) is 8.91. The minimum atomic E-state index is -1.38. The van der Waals surface area contributed by atoms with Gasteiger partial charge in [0.15, 0.2) is 0 Å². The maximum absolute atomic E-state index is 12.4. The van der Waals surface area contributed by atoms with E-state index in [9.17, 15) is 28.8 Å². The van der Waals surface area contributed by atoms with Crippen LogP contribution < -0.4 is 5.32 Å². The third kappa shape index (κ3) is 5.12. The Morgan fingerprint density at radius 2 is 1.96 bits per heavy atom. The van der Waals surface area contributed by atoms with Gasteiger partial charge in [-0.1, -0.05) is 18.2 Å². The highest BCUT2D eigenvalue weighted by atomic mass is 32.2. The summed E-state index contributed by atoms with van der Waals surface area (Å²) in [5.41, 5.74) is 0. The molecule has 3 N–H and O–H groups in total. The minimum Gasteiger partial charge on any atom is -0.480 e. The topological polar surface area (TPSA) is 124 Å². The number of aliphatic hydroxyl groups excluding tert-OH is 1. The SMILES string of the molecule is CC(=O)N1C[C@H](O)C[C@H]1C(=O)N[C@@H](CC[S@](=O)c1ccccc1)C(=O)O. The van der Waals surface area contributed by atoms with Gasteiger partial charge in [0.1, 0.15) is 12.1 Å². The number of hydrogen-bond acceptors (Lipinski definition) is 5. The molecule has 0 bridgehead atoms. The van der Waals surface area contributed by atoms with Gasteiger partial charge in [0, 0.05) is 30.5 Å². The fourth-order valence-corrected chi connectivity index (χ4v) is 4.00. The lowest BCUT2D eigenvalue weighted by molar-refractivity contribution is -0.143. The molecule has 1 aromatic carbocycles. The first-order valence-corrected chi connectivity index (χ1v) is 9.53. The molecular weight excluding hydrogens is 360 g/mol. The standard InChI is InChI=1S/C17H22N2O6S/c1-11(20)19-10-12(21)9-15(19)16(22)18-14(17(23)24)7-8-26(25)13-5-3-2-4-6-13/h2-6,12,14-15,21H,7-10H2,1H3,(H,18,22)(H,23,24)/t12-,14+,15+,26+/m1/s1. The highest BCUT2D eigenvalue weighted by Crippen LogP contribution is 2.18. The smallest absolute Gasteiger partial charge is 0.326 e.